The molecule has 0 aromatic carbocycles. The van der Waals surface area contributed by atoms with E-state index >= 15 is 0 Å². The Hall–Kier alpha value is -2.04. The number of nitrogens with zero attached hydrogens (tertiary/aromatic N) is 2. The number of aromatic nitrogens is 2. The van der Waals surface area contributed by atoms with E-state index in [9.17, 15) is 0 Å². The van der Waals surface area contributed by atoms with Crippen molar-refractivity contribution in [2.75, 3.05) is 11.1 Å². The fourth-order valence-electron chi connectivity index (χ4n) is 1.70. The van der Waals surface area contributed by atoms with Crippen molar-refractivity contribution in [3.8, 4) is 0 Å². The monoisotopic (exact) mass is 232 g/mol. The van der Waals surface area contributed by atoms with Crippen molar-refractivity contribution in [1.29, 1.82) is 0 Å². The minimum atomic E-state index is 0.217. The lowest BCUT2D eigenvalue weighted by atomic mass is 10.2. The highest BCUT2D eigenvalue weighted by Gasteiger charge is 2.07. The van der Waals surface area contributed by atoms with Gasteiger partial charge in [-0.15, -0.1) is 0 Å². The highest BCUT2D eigenvalue weighted by Crippen LogP contribution is 2.11. The van der Waals surface area contributed by atoms with Crippen molar-refractivity contribution in [3.05, 3.63) is 36.0 Å². The third kappa shape index (κ3) is 3.21. The molecule has 2 rings (SSSR count). The molecule has 0 fully saturated rings. The zero-order chi connectivity index (χ0) is 12.3. The first kappa shape index (κ1) is 11.4. The molecule has 2 heterocycles. The molecule has 0 saturated carbocycles. The molecule has 0 spiro atoms. The summed E-state index contributed by atoms with van der Waals surface area (Å²) >= 11 is 0. The van der Waals surface area contributed by atoms with E-state index in [4.69, 9.17) is 10.2 Å². The molecule has 0 aliphatic rings. The highest BCUT2D eigenvalue weighted by atomic mass is 16.3. The van der Waals surface area contributed by atoms with Gasteiger partial charge in [-0.05, 0) is 26.0 Å². The van der Waals surface area contributed by atoms with E-state index in [-0.39, 0.29) is 6.04 Å². The lowest BCUT2D eigenvalue weighted by molar-refractivity contribution is 0.497. The van der Waals surface area contributed by atoms with Gasteiger partial charge in [0.25, 0.3) is 0 Å². The average molecular weight is 232 g/mol. The normalized spacial score (nSPS) is 12.4. The Labute approximate surface area is 100 Å². The number of hydrogen-bond donors (Lipinski definition) is 2. The maximum absolute atomic E-state index is 5.66. The first-order valence-electron chi connectivity index (χ1n) is 5.53. The lowest BCUT2D eigenvalue weighted by Crippen LogP contribution is -2.19. The van der Waals surface area contributed by atoms with Crippen LogP contribution in [-0.2, 0) is 6.42 Å². The Morgan fingerprint density at radius 3 is 2.94 bits per heavy atom. The van der Waals surface area contributed by atoms with Gasteiger partial charge in [0.1, 0.15) is 23.2 Å². The van der Waals surface area contributed by atoms with Crippen LogP contribution in [0.25, 0.3) is 0 Å². The number of nitrogens with two attached hydrogens (primary N) is 1. The van der Waals surface area contributed by atoms with Crippen LogP contribution in [0, 0.1) is 6.92 Å². The van der Waals surface area contributed by atoms with E-state index in [0.717, 1.165) is 18.0 Å². The van der Waals surface area contributed by atoms with E-state index in [1.54, 1.807) is 12.3 Å². The van der Waals surface area contributed by atoms with E-state index in [2.05, 4.69) is 22.2 Å². The topological polar surface area (TPSA) is 77.0 Å². The minimum Gasteiger partial charge on any atom is -0.469 e. The molecule has 0 saturated heterocycles. The summed E-state index contributed by atoms with van der Waals surface area (Å²) in [6.07, 6.45) is 2.48. The summed E-state index contributed by atoms with van der Waals surface area (Å²) in [6.45, 7) is 3.88. The second-order valence-electron chi connectivity index (χ2n) is 4.05. The molecular formula is C12H16N4O. The number of hydrogen-bond acceptors (Lipinski definition) is 5. The smallest absolute Gasteiger partial charge is 0.132 e. The minimum absolute atomic E-state index is 0.217. The molecule has 0 radical (unpaired) electrons. The van der Waals surface area contributed by atoms with Gasteiger partial charge in [0.15, 0.2) is 0 Å². The molecule has 5 heteroatoms. The van der Waals surface area contributed by atoms with Crippen molar-refractivity contribution in [1.82, 2.24) is 9.97 Å². The van der Waals surface area contributed by atoms with Gasteiger partial charge in [0, 0.05) is 18.5 Å². The molecule has 90 valence electrons. The first-order valence-corrected chi connectivity index (χ1v) is 5.53. The summed E-state index contributed by atoms with van der Waals surface area (Å²) in [5, 5.41) is 3.27. The summed E-state index contributed by atoms with van der Waals surface area (Å²) in [7, 11) is 0. The molecule has 0 bridgehead atoms. The Kier molecular flexibility index (Phi) is 3.27. The number of anilines is 2. The van der Waals surface area contributed by atoms with E-state index < -0.39 is 0 Å². The predicted octanol–water partition coefficient (Wildman–Crippen LogP) is 2.00. The van der Waals surface area contributed by atoms with E-state index in [1.807, 2.05) is 19.1 Å². The molecule has 1 unspecified atom stereocenters. The second-order valence-corrected chi connectivity index (χ2v) is 4.05. The van der Waals surface area contributed by atoms with Crippen LogP contribution in [0.3, 0.4) is 0 Å². The standard InChI is InChI=1S/C12H16N4O/c1-8(6-10-4-3-5-17-10)14-12-7-11(13)15-9(2)16-12/h3-5,7-8H,6H2,1-2H3,(H3,13,14,15,16). The molecule has 5 nitrogen and oxygen atoms in total. The fraction of sp³-hybridized carbons (Fsp3) is 0.333. The summed E-state index contributed by atoms with van der Waals surface area (Å²) in [4.78, 5) is 8.30. The Balaban J connectivity index is 2.00. The summed E-state index contributed by atoms with van der Waals surface area (Å²) in [5.41, 5.74) is 5.66. The highest BCUT2D eigenvalue weighted by molar-refractivity contribution is 5.45. The third-order valence-electron chi connectivity index (χ3n) is 2.34. The van der Waals surface area contributed by atoms with Crippen molar-refractivity contribution in [3.63, 3.8) is 0 Å². The van der Waals surface area contributed by atoms with Gasteiger partial charge < -0.3 is 15.5 Å². The molecule has 2 aromatic heterocycles. The SMILES string of the molecule is Cc1nc(N)cc(NC(C)Cc2ccco2)n1. The van der Waals surface area contributed by atoms with Gasteiger partial charge in [-0.25, -0.2) is 9.97 Å². The van der Waals surface area contributed by atoms with Gasteiger partial charge >= 0.3 is 0 Å². The van der Waals surface area contributed by atoms with Crippen LogP contribution in [0.2, 0.25) is 0 Å². The zero-order valence-electron chi connectivity index (χ0n) is 9.97. The summed E-state index contributed by atoms with van der Waals surface area (Å²) in [6, 6.07) is 5.79. The fourth-order valence-corrected chi connectivity index (χ4v) is 1.70. The molecule has 1 atom stereocenters. The first-order chi connectivity index (χ1) is 8.13. The molecule has 0 amide bonds. The van der Waals surface area contributed by atoms with Gasteiger partial charge in [-0.2, -0.15) is 0 Å². The van der Waals surface area contributed by atoms with Crippen LogP contribution in [0.1, 0.15) is 18.5 Å². The molecule has 0 aliphatic heterocycles. The van der Waals surface area contributed by atoms with Crippen molar-refractivity contribution >= 4 is 11.6 Å². The van der Waals surface area contributed by atoms with Gasteiger partial charge in [-0.1, -0.05) is 0 Å². The van der Waals surface area contributed by atoms with Crippen LogP contribution in [0.15, 0.2) is 28.9 Å². The third-order valence-corrected chi connectivity index (χ3v) is 2.34. The molecule has 2 aromatic rings. The van der Waals surface area contributed by atoms with Crippen molar-refractivity contribution in [2.45, 2.75) is 26.3 Å². The predicted molar refractivity (Wildman–Crippen MR) is 66.7 cm³/mol. The Morgan fingerprint density at radius 1 is 1.47 bits per heavy atom. The van der Waals surface area contributed by atoms with E-state index in [0.29, 0.717) is 11.6 Å². The molecule has 3 N–H and O–H groups in total. The zero-order valence-corrected chi connectivity index (χ0v) is 9.97. The summed E-state index contributed by atoms with van der Waals surface area (Å²) in [5.74, 6) is 2.83. The van der Waals surface area contributed by atoms with Gasteiger partial charge in [0.2, 0.25) is 0 Å². The van der Waals surface area contributed by atoms with Crippen LogP contribution < -0.4 is 11.1 Å². The lowest BCUT2D eigenvalue weighted by Gasteiger charge is -2.13. The maximum atomic E-state index is 5.66. The van der Waals surface area contributed by atoms with Crippen LogP contribution in [0.5, 0.6) is 0 Å². The van der Waals surface area contributed by atoms with Crippen molar-refractivity contribution < 1.29 is 4.42 Å². The number of rotatable bonds is 4. The van der Waals surface area contributed by atoms with Gasteiger partial charge in [0.05, 0.1) is 6.26 Å². The molecule has 0 aliphatic carbocycles. The Bertz CT molecular complexity index is 461. The van der Waals surface area contributed by atoms with Crippen LogP contribution in [0.4, 0.5) is 11.6 Å². The molecular weight excluding hydrogens is 216 g/mol. The van der Waals surface area contributed by atoms with Crippen molar-refractivity contribution in [2.24, 2.45) is 0 Å². The Morgan fingerprint density at radius 2 is 2.29 bits per heavy atom. The van der Waals surface area contributed by atoms with Gasteiger partial charge in [-0.3, -0.25) is 0 Å². The number of aryl methyl sites for hydroxylation is 1. The number of nitrogens with one attached hydrogen (secondary N) is 1. The number of furan rings is 1. The number of nitrogen functional groups attached to an aromatic ring is 1. The van der Waals surface area contributed by atoms with Crippen LogP contribution >= 0.6 is 0 Å². The summed E-state index contributed by atoms with van der Waals surface area (Å²) < 4.78 is 5.29. The largest absolute Gasteiger partial charge is 0.469 e. The van der Waals surface area contributed by atoms with E-state index in [1.165, 1.54) is 0 Å². The molecule has 17 heavy (non-hydrogen) atoms. The average Bonchev–Trinajstić information content (AvgIpc) is 2.67. The van der Waals surface area contributed by atoms with Crippen LogP contribution in [-0.4, -0.2) is 16.0 Å². The second kappa shape index (κ2) is 4.86. The quantitative estimate of drug-likeness (QED) is 0.843. The maximum Gasteiger partial charge on any atom is 0.132 e.